The van der Waals surface area contributed by atoms with Gasteiger partial charge in [-0.25, -0.2) is 0 Å². The van der Waals surface area contributed by atoms with Crippen molar-refractivity contribution in [3.8, 4) is 22.8 Å². The first-order valence-corrected chi connectivity index (χ1v) is 10.6. The first kappa shape index (κ1) is 20.4. The van der Waals surface area contributed by atoms with E-state index in [9.17, 15) is 4.79 Å². The summed E-state index contributed by atoms with van der Waals surface area (Å²) in [6.07, 6.45) is 3.41. The normalized spacial score (nSPS) is 10.7. The molecule has 4 rings (SSSR count). The Morgan fingerprint density at radius 3 is 2.60 bits per heavy atom. The molecule has 4 aromatic rings. The molecule has 0 aliphatic heterocycles. The van der Waals surface area contributed by atoms with Crippen LogP contribution in [0.4, 0.5) is 0 Å². The van der Waals surface area contributed by atoms with E-state index in [0.29, 0.717) is 16.0 Å². The van der Waals surface area contributed by atoms with Gasteiger partial charge in [0.05, 0.1) is 10.8 Å². The highest BCUT2D eigenvalue weighted by atomic mass is 35.5. The first-order valence-electron chi connectivity index (χ1n) is 8.81. The van der Waals surface area contributed by atoms with E-state index < -0.39 is 5.97 Å². The predicted octanol–water partition coefficient (Wildman–Crippen LogP) is 5.33. The van der Waals surface area contributed by atoms with Gasteiger partial charge in [-0.05, 0) is 42.5 Å². The highest BCUT2D eigenvalue weighted by Crippen LogP contribution is 2.30. The van der Waals surface area contributed by atoms with Gasteiger partial charge in [0.1, 0.15) is 5.75 Å². The second kappa shape index (κ2) is 9.30. The Balaban J connectivity index is 1.57. The highest BCUT2D eigenvalue weighted by Gasteiger charge is 2.18. The van der Waals surface area contributed by atoms with E-state index >= 15 is 0 Å². The Labute approximate surface area is 186 Å². The van der Waals surface area contributed by atoms with E-state index in [1.165, 1.54) is 17.8 Å². The monoisotopic (exact) mass is 456 g/mol. The summed E-state index contributed by atoms with van der Waals surface area (Å²) in [5.41, 5.74) is 1.69. The fourth-order valence-electron chi connectivity index (χ4n) is 2.69. The number of halogens is 2. The quantitative estimate of drug-likeness (QED) is 0.221. The molecule has 9 heteroatoms. The number of ether oxygens (including phenoxy) is 1. The zero-order chi connectivity index (χ0) is 20.9. The molecule has 0 aliphatic carbocycles. The maximum atomic E-state index is 12.3. The van der Waals surface area contributed by atoms with Crippen LogP contribution in [0.3, 0.4) is 0 Å². The van der Waals surface area contributed by atoms with Crippen molar-refractivity contribution in [1.82, 2.24) is 19.7 Å². The van der Waals surface area contributed by atoms with Gasteiger partial charge in [0.15, 0.2) is 11.0 Å². The summed E-state index contributed by atoms with van der Waals surface area (Å²) >= 11 is 13.2. The maximum Gasteiger partial charge on any atom is 0.321 e. The minimum Gasteiger partial charge on any atom is -0.424 e. The third kappa shape index (κ3) is 4.64. The van der Waals surface area contributed by atoms with Gasteiger partial charge in [-0.15, -0.1) is 10.2 Å². The molecule has 6 nitrogen and oxygen atoms in total. The number of thioether (sulfide) groups is 1. The summed E-state index contributed by atoms with van der Waals surface area (Å²) in [6.45, 7) is 0. The molecule has 30 heavy (non-hydrogen) atoms. The van der Waals surface area contributed by atoms with Crippen LogP contribution in [0, 0.1) is 0 Å². The van der Waals surface area contributed by atoms with Gasteiger partial charge in [0, 0.05) is 28.7 Å². The summed E-state index contributed by atoms with van der Waals surface area (Å²) in [5.74, 6) is 0.449. The molecule has 0 bridgehead atoms. The maximum absolute atomic E-state index is 12.3. The van der Waals surface area contributed by atoms with Gasteiger partial charge in [-0.1, -0.05) is 53.2 Å². The molecular formula is C21H14Cl2N4O2S. The zero-order valence-electron chi connectivity index (χ0n) is 15.4. The number of carbonyl (C=O) groups is 1. The lowest BCUT2D eigenvalue weighted by atomic mass is 10.2. The van der Waals surface area contributed by atoms with E-state index in [-0.39, 0.29) is 16.5 Å². The molecule has 2 heterocycles. The molecule has 0 aliphatic rings. The number of aromatic nitrogens is 4. The first-order chi connectivity index (χ1) is 14.6. The number of hydrogen-bond acceptors (Lipinski definition) is 6. The van der Waals surface area contributed by atoms with Crippen molar-refractivity contribution < 1.29 is 9.53 Å². The van der Waals surface area contributed by atoms with Crippen molar-refractivity contribution in [2.45, 2.75) is 5.16 Å². The van der Waals surface area contributed by atoms with Crippen LogP contribution < -0.4 is 4.74 Å². The standard InChI is InChI=1S/C21H14Cl2N4O2S/c22-15-8-9-18(17(23)11-15)29-19(28)13-30-21-26-25-20(14-5-4-10-24-12-14)27(21)16-6-2-1-3-7-16/h1-12H,13H2. The number of pyridine rings is 1. The fourth-order valence-corrected chi connectivity index (χ4v) is 3.86. The largest absolute Gasteiger partial charge is 0.424 e. The van der Waals surface area contributed by atoms with Crippen molar-refractivity contribution >= 4 is 40.9 Å². The highest BCUT2D eigenvalue weighted by molar-refractivity contribution is 7.99. The summed E-state index contributed by atoms with van der Waals surface area (Å²) < 4.78 is 7.22. The lowest BCUT2D eigenvalue weighted by Gasteiger charge is -2.10. The molecule has 0 amide bonds. The number of hydrogen-bond donors (Lipinski definition) is 0. The minimum atomic E-state index is -0.463. The van der Waals surface area contributed by atoms with Gasteiger partial charge in [-0.2, -0.15) is 0 Å². The molecule has 0 saturated carbocycles. The molecule has 0 spiro atoms. The van der Waals surface area contributed by atoms with Crippen molar-refractivity contribution in [1.29, 1.82) is 0 Å². The molecule has 0 saturated heterocycles. The second-order valence-corrected chi connectivity index (χ2v) is 7.84. The average Bonchev–Trinajstić information content (AvgIpc) is 3.19. The van der Waals surface area contributed by atoms with E-state index in [4.69, 9.17) is 27.9 Å². The van der Waals surface area contributed by atoms with Crippen molar-refractivity contribution in [2.75, 3.05) is 5.75 Å². The topological polar surface area (TPSA) is 69.9 Å². The van der Waals surface area contributed by atoms with Crippen molar-refractivity contribution in [3.63, 3.8) is 0 Å². The summed E-state index contributed by atoms with van der Waals surface area (Å²) in [5, 5.41) is 9.88. The number of para-hydroxylation sites is 1. The lowest BCUT2D eigenvalue weighted by molar-refractivity contribution is -0.131. The predicted molar refractivity (Wildman–Crippen MR) is 117 cm³/mol. The SMILES string of the molecule is O=C(CSc1nnc(-c2cccnc2)n1-c1ccccc1)Oc1ccc(Cl)cc1Cl. The molecule has 0 unspecified atom stereocenters. The van der Waals surface area contributed by atoms with Crippen LogP contribution in [0.5, 0.6) is 5.75 Å². The van der Waals surface area contributed by atoms with E-state index in [1.54, 1.807) is 24.5 Å². The fraction of sp³-hybridized carbons (Fsp3) is 0.0476. The molecule has 2 aromatic heterocycles. The van der Waals surface area contributed by atoms with Crippen LogP contribution in [0.1, 0.15) is 0 Å². The van der Waals surface area contributed by atoms with Crippen LogP contribution >= 0.6 is 35.0 Å². The van der Waals surface area contributed by atoms with Crippen LogP contribution in [0.15, 0.2) is 78.2 Å². The molecule has 0 atom stereocenters. The number of carbonyl (C=O) groups excluding carboxylic acids is 1. The van der Waals surface area contributed by atoms with E-state index in [1.807, 2.05) is 47.0 Å². The Morgan fingerprint density at radius 2 is 1.87 bits per heavy atom. The Kier molecular flexibility index (Phi) is 6.32. The number of nitrogens with zero attached hydrogens (tertiary/aromatic N) is 4. The van der Waals surface area contributed by atoms with Gasteiger partial charge in [-0.3, -0.25) is 14.3 Å². The van der Waals surface area contributed by atoms with Gasteiger partial charge >= 0.3 is 5.97 Å². The Morgan fingerprint density at radius 1 is 1.03 bits per heavy atom. The zero-order valence-corrected chi connectivity index (χ0v) is 17.7. The number of benzene rings is 2. The van der Waals surface area contributed by atoms with Crippen molar-refractivity contribution in [3.05, 3.63) is 83.1 Å². The molecule has 0 radical (unpaired) electrons. The van der Waals surface area contributed by atoms with Gasteiger partial charge in [0.25, 0.3) is 0 Å². The average molecular weight is 457 g/mol. The Bertz CT molecular complexity index is 1170. The number of rotatable bonds is 6. The molecule has 2 aromatic carbocycles. The van der Waals surface area contributed by atoms with Crippen molar-refractivity contribution in [2.24, 2.45) is 0 Å². The van der Waals surface area contributed by atoms with E-state index in [0.717, 1.165) is 11.3 Å². The van der Waals surface area contributed by atoms with Crippen LogP contribution in [-0.4, -0.2) is 31.5 Å². The summed E-state index contributed by atoms with van der Waals surface area (Å²) in [7, 11) is 0. The summed E-state index contributed by atoms with van der Waals surface area (Å²) in [6, 6.07) is 18.1. The third-order valence-corrected chi connectivity index (χ3v) is 5.44. The third-order valence-electron chi connectivity index (χ3n) is 4.00. The van der Waals surface area contributed by atoms with Crippen LogP contribution in [-0.2, 0) is 4.79 Å². The summed E-state index contributed by atoms with van der Waals surface area (Å²) in [4.78, 5) is 16.5. The van der Waals surface area contributed by atoms with Gasteiger partial charge < -0.3 is 4.74 Å². The van der Waals surface area contributed by atoms with E-state index in [2.05, 4.69) is 15.2 Å². The van der Waals surface area contributed by atoms with Crippen LogP contribution in [0.25, 0.3) is 17.1 Å². The van der Waals surface area contributed by atoms with Crippen LogP contribution in [0.2, 0.25) is 10.0 Å². The number of esters is 1. The lowest BCUT2D eigenvalue weighted by Crippen LogP contribution is -2.12. The second-order valence-electron chi connectivity index (χ2n) is 6.06. The Hall–Kier alpha value is -2.87. The molecule has 0 N–H and O–H groups in total. The molecular weight excluding hydrogens is 443 g/mol. The smallest absolute Gasteiger partial charge is 0.321 e. The molecule has 150 valence electrons. The minimum absolute atomic E-state index is 0.0248. The molecule has 0 fully saturated rings. The van der Waals surface area contributed by atoms with Gasteiger partial charge in [0.2, 0.25) is 0 Å².